The maximum Gasteiger partial charge on any atom is 0.573 e. The zero-order chi connectivity index (χ0) is 28.8. The molecule has 0 fully saturated rings. The van der Waals surface area contributed by atoms with Gasteiger partial charge in [0.2, 0.25) is 19.9 Å². The van der Waals surface area contributed by atoms with Crippen molar-refractivity contribution in [3.63, 3.8) is 0 Å². The Morgan fingerprint density at radius 1 is 0.923 bits per heavy atom. The molecular formula is C24H20F3N3O7S2. The molecule has 0 unspecified atom stereocenters. The summed E-state index contributed by atoms with van der Waals surface area (Å²) in [4.78, 5) is 11.5. The number of primary amides is 1. The molecule has 1 amide bonds. The van der Waals surface area contributed by atoms with Crippen LogP contribution in [-0.4, -0.2) is 47.0 Å². The van der Waals surface area contributed by atoms with Gasteiger partial charge in [-0.2, -0.15) is 0 Å². The van der Waals surface area contributed by atoms with Crippen molar-refractivity contribution in [1.29, 1.82) is 0 Å². The predicted octanol–water partition coefficient (Wildman–Crippen LogP) is 3.84. The van der Waals surface area contributed by atoms with Gasteiger partial charge in [0, 0.05) is 11.5 Å². The van der Waals surface area contributed by atoms with Crippen LogP contribution in [0.2, 0.25) is 0 Å². The topological polar surface area (TPSA) is 147 Å². The van der Waals surface area contributed by atoms with Gasteiger partial charge >= 0.3 is 6.36 Å². The Hall–Kier alpha value is -4.24. The van der Waals surface area contributed by atoms with Gasteiger partial charge in [0.15, 0.2) is 0 Å². The first-order chi connectivity index (χ1) is 18.1. The van der Waals surface area contributed by atoms with Gasteiger partial charge in [-0.1, -0.05) is 12.1 Å². The van der Waals surface area contributed by atoms with Crippen LogP contribution in [0.4, 0.5) is 18.9 Å². The average molecular weight is 584 g/mol. The van der Waals surface area contributed by atoms with Gasteiger partial charge in [0.25, 0.3) is 5.91 Å². The number of nitrogens with zero attached hydrogens (tertiary/aromatic N) is 1. The summed E-state index contributed by atoms with van der Waals surface area (Å²) in [7, 11) is -6.81. The zero-order valence-corrected chi connectivity index (χ0v) is 21.8. The van der Waals surface area contributed by atoms with Gasteiger partial charge in [0.05, 0.1) is 40.0 Å². The van der Waals surface area contributed by atoms with E-state index in [-0.39, 0.29) is 27.7 Å². The van der Waals surface area contributed by atoms with Crippen LogP contribution >= 0.6 is 0 Å². The summed E-state index contributed by atoms with van der Waals surface area (Å²) in [6.07, 6.45) is -4.07. The number of benzene rings is 3. The Balaban J connectivity index is 1.93. The number of rotatable bonds is 8. The van der Waals surface area contributed by atoms with E-state index < -0.39 is 42.8 Å². The van der Waals surface area contributed by atoms with Gasteiger partial charge in [-0.05, 0) is 48.5 Å². The Bertz CT molecular complexity index is 1820. The highest BCUT2D eigenvalue weighted by molar-refractivity contribution is 7.92. The Morgan fingerprint density at radius 3 is 2.23 bits per heavy atom. The second kappa shape index (κ2) is 9.81. The van der Waals surface area contributed by atoms with E-state index in [1.807, 2.05) is 0 Å². The van der Waals surface area contributed by atoms with E-state index in [9.17, 15) is 34.8 Å². The minimum atomic E-state index is -5.03. The maximum atomic E-state index is 13.5. The first-order valence-corrected chi connectivity index (χ1v) is 14.2. The number of hydrogen-bond acceptors (Lipinski definition) is 7. The molecule has 10 nitrogen and oxygen atoms in total. The van der Waals surface area contributed by atoms with Gasteiger partial charge < -0.3 is 19.8 Å². The van der Waals surface area contributed by atoms with Crippen LogP contribution in [0.5, 0.6) is 11.5 Å². The molecule has 3 aromatic carbocycles. The number of hydrogen-bond donors (Lipinski definition) is 2. The van der Waals surface area contributed by atoms with Crippen molar-refractivity contribution in [2.24, 2.45) is 5.73 Å². The van der Waals surface area contributed by atoms with Gasteiger partial charge in [-0.25, -0.2) is 16.8 Å². The second-order valence-electron chi connectivity index (χ2n) is 8.27. The number of sulfonamides is 1. The third-order valence-electron chi connectivity index (χ3n) is 5.38. The van der Waals surface area contributed by atoms with E-state index in [1.54, 1.807) is 0 Å². The molecule has 0 aliphatic heterocycles. The van der Waals surface area contributed by atoms with Crippen LogP contribution in [-0.2, 0) is 19.9 Å². The fraction of sp³-hybridized carbons (Fsp3) is 0.125. The molecule has 0 saturated heterocycles. The monoisotopic (exact) mass is 583 g/mol. The van der Waals surface area contributed by atoms with E-state index in [4.69, 9.17) is 10.5 Å². The molecule has 1 heterocycles. The van der Waals surface area contributed by atoms with Crippen LogP contribution in [0.1, 0.15) is 10.5 Å². The average Bonchev–Trinajstić information content (AvgIpc) is 3.21. The van der Waals surface area contributed by atoms with Crippen LogP contribution < -0.4 is 19.9 Å². The van der Waals surface area contributed by atoms with Gasteiger partial charge in [-0.15, -0.1) is 13.2 Å². The quantitative estimate of drug-likeness (QED) is 0.320. The number of sulfone groups is 1. The molecule has 0 bridgehead atoms. The lowest BCUT2D eigenvalue weighted by Crippen LogP contribution is -2.17. The molecule has 1 aromatic heterocycles. The first-order valence-electron chi connectivity index (χ1n) is 10.8. The first kappa shape index (κ1) is 27.8. The van der Waals surface area contributed by atoms with E-state index in [1.165, 1.54) is 48.1 Å². The van der Waals surface area contributed by atoms with Gasteiger partial charge in [-0.3, -0.25) is 9.52 Å². The Labute approximate surface area is 220 Å². The number of halogens is 3. The predicted molar refractivity (Wildman–Crippen MR) is 135 cm³/mol. The summed E-state index contributed by atoms with van der Waals surface area (Å²) in [5, 5.41) is 0.479. The molecular weight excluding hydrogens is 563 g/mol. The zero-order valence-electron chi connectivity index (χ0n) is 20.2. The molecule has 4 rings (SSSR count). The molecule has 39 heavy (non-hydrogen) atoms. The molecule has 0 spiro atoms. The highest BCUT2D eigenvalue weighted by Crippen LogP contribution is 2.34. The van der Waals surface area contributed by atoms with E-state index in [0.29, 0.717) is 10.9 Å². The fourth-order valence-corrected chi connectivity index (χ4v) is 5.77. The van der Waals surface area contributed by atoms with Crippen molar-refractivity contribution in [3.05, 3.63) is 72.4 Å². The molecule has 0 saturated carbocycles. The number of nitrogens with two attached hydrogens (primary N) is 1. The van der Waals surface area contributed by atoms with Crippen LogP contribution in [0, 0.1) is 0 Å². The van der Waals surface area contributed by atoms with Crippen molar-refractivity contribution in [3.8, 4) is 17.2 Å². The number of amides is 1. The molecule has 206 valence electrons. The number of ether oxygens (including phenoxy) is 2. The van der Waals surface area contributed by atoms with Crippen molar-refractivity contribution in [2.75, 3.05) is 18.1 Å². The molecule has 0 atom stereocenters. The summed E-state index contributed by atoms with van der Waals surface area (Å²) in [5.41, 5.74) is 6.08. The smallest absolute Gasteiger partial charge is 0.497 e. The third-order valence-corrected chi connectivity index (χ3v) is 7.72. The summed E-state index contributed by atoms with van der Waals surface area (Å²) in [6.45, 7) is 0. The van der Waals surface area contributed by atoms with Crippen LogP contribution in [0.15, 0.2) is 76.5 Å². The SMILES string of the molecule is COc1cc(-n2c(C(N)=O)cc3ccc(NS(C)(=O)=O)cc32)cc(S(=O)(=O)c2cccc(OC(F)(F)F)c2)c1. The van der Waals surface area contributed by atoms with Crippen LogP contribution in [0.25, 0.3) is 16.6 Å². The normalized spacial score (nSPS) is 12.3. The van der Waals surface area contributed by atoms with E-state index in [2.05, 4.69) is 9.46 Å². The summed E-state index contributed by atoms with van der Waals surface area (Å²) in [6, 6.07) is 13.5. The number of alkyl halides is 3. The van der Waals surface area contributed by atoms with E-state index >= 15 is 0 Å². The van der Waals surface area contributed by atoms with E-state index in [0.717, 1.165) is 36.6 Å². The molecule has 4 aromatic rings. The van der Waals surface area contributed by atoms with Gasteiger partial charge in [0.1, 0.15) is 17.2 Å². The number of nitrogens with one attached hydrogen (secondary N) is 1. The third kappa shape index (κ3) is 6.09. The lowest BCUT2D eigenvalue weighted by Gasteiger charge is -2.15. The van der Waals surface area contributed by atoms with Crippen molar-refractivity contribution in [2.45, 2.75) is 16.2 Å². The minimum Gasteiger partial charge on any atom is -0.497 e. The molecule has 0 aliphatic rings. The number of methoxy groups -OCH3 is 1. The second-order valence-corrected chi connectivity index (χ2v) is 12.0. The number of aromatic nitrogens is 1. The van der Waals surface area contributed by atoms with Crippen molar-refractivity contribution in [1.82, 2.24) is 4.57 Å². The summed E-state index contributed by atoms with van der Waals surface area (Å²) < 4.78 is 101. The highest BCUT2D eigenvalue weighted by Gasteiger charge is 2.32. The lowest BCUT2D eigenvalue weighted by atomic mass is 10.2. The Kier molecular flexibility index (Phi) is 6.99. The number of carbonyl (C=O) groups excluding carboxylic acids is 1. The van der Waals surface area contributed by atoms with Crippen LogP contribution in [0.3, 0.4) is 0 Å². The largest absolute Gasteiger partial charge is 0.573 e. The molecule has 0 radical (unpaired) electrons. The lowest BCUT2D eigenvalue weighted by molar-refractivity contribution is -0.274. The molecule has 15 heteroatoms. The summed E-state index contributed by atoms with van der Waals surface area (Å²) in [5.74, 6) is -1.56. The van der Waals surface area contributed by atoms with Crippen molar-refractivity contribution < 1.29 is 44.3 Å². The summed E-state index contributed by atoms with van der Waals surface area (Å²) >= 11 is 0. The number of fused-ring (bicyclic) bond motifs is 1. The maximum absolute atomic E-state index is 13.5. The molecule has 3 N–H and O–H groups in total. The fourth-order valence-electron chi connectivity index (χ4n) is 3.87. The highest BCUT2D eigenvalue weighted by atomic mass is 32.2. The molecule has 0 aliphatic carbocycles. The number of anilines is 1. The number of carbonyl (C=O) groups is 1. The minimum absolute atomic E-state index is 0.0384. The van der Waals surface area contributed by atoms with Crippen molar-refractivity contribution >= 4 is 42.4 Å². The Morgan fingerprint density at radius 2 is 1.62 bits per heavy atom. The standard InChI is InChI=1S/C24H20F3N3O7S2/c1-36-18-10-16(11-20(13-18)39(34,35)19-5-3-4-17(12-19)37-24(25,26)27)30-21-9-15(29-38(2,32)33)7-6-14(21)8-22(30)23(28)31/h3-13,29H,1-2H3,(H2,28,31).